The van der Waals surface area contributed by atoms with Crippen LogP contribution < -0.4 is 4.90 Å². The van der Waals surface area contributed by atoms with Gasteiger partial charge in [-0.25, -0.2) is 4.98 Å². The minimum Gasteiger partial charge on any atom is -0.372 e. The number of ether oxygens (including phenoxy) is 1. The van der Waals surface area contributed by atoms with Gasteiger partial charge in [0.25, 0.3) is 0 Å². The van der Waals surface area contributed by atoms with Gasteiger partial charge in [-0.3, -0.25) is 0 Å². The van der Waals surface area contributed by atoms with Crippen molar-refractivity contribution < 1.29 is 4.74 Å². The van der Waals surface area contributed by atoms with E-state index in [0.29, 0.717) is 0 Å². The number of anilines is 1. The topological polar surface area (TPSA) is 25.4 Å². The van der Waals surface area contributed by atoms with Gasteiger partial charge in [0, 0.05) is 28.7 Å². The summed E-state index contributed by atoms with van der Waals surface area (Å²) in [5.41, 5.74) is 3.89. The van der Waals surface area contributed by atoms with Crippen LogP contribution in [0.15, 0.2) is 28.1 Å². The first-order chi connectivity index (χ1) is 10.2. The van der Waals surface area contributed by atoms with Crippen LogP contribution in [0.3, 0.4) is 0 Å². The fraction of sp³-hybridized carbons (Fsp3) is 0.438. The molecule has 0 saturated carbocycles. The van der Waals surface area contributed by atoms with Crippen molar-refractivity contribution in [3.05, 3.63) is 44.3 Å². The van der Waals surface area contributed by atoms with E-state index in [0.717, 1.165) is 41.3 Å². The standard InChI is InChI=1S/C16H19BrN2OS/c1-3-20-11(2)16-18-14(10-21-16)9-19-7-6-12-8-13(17)4-5-15(12)19/h4-5,8,10-11H,3,6-7,9H2,1-2H3. The fourth-order valence-electron chi connectivity index (χ4n) is 2.70. The summed E-state index contributed by atoms with van der Waals surface area (Å²) in [7, 11) is 0. The summed E-state index contributed by atoms with van der Waals surface area (Å²) in [6.45, 7) is 6.76. The fourth-order valence-corrected chi connectivity index (χ4v) is 3.92. The van der Waals surface area contributed by atoms with Crippen molar-refractivity contribution in [3.63, 3.8) is 0 Å². The van der Waals surface area contributed by atoms with Gasteiger partial charge in [0.1, 0.15) is 11.1 Å². The molecule has 1 aromatic heterocycles. The maximum atomic E-state index is 5.61. The van der Waals surface area contributed by atoms with E-state index in [1.54, 1.807) is 11.3 Å². The summed E-state index contributed by atoms with van der Waals surface area (Å²) >= 11 is 5.24. The van der Waals surface area contributed by atoms with Crippen LogP contribution in [0.5, 0.6) is 0 Å². The highest BCUT2D eigenvalue weighted by Gasteiger charge is 2.20. The van der Waals surface area contributed by atoms with E-state index in [1.807, 2.05) is 6.92 Å². The minimum absolute atomic E-state index is 0.0931. The molecule has 0 bridgehead atoms. The van der Waals surface area contributed by atoms with Gasteiger partial charge in [-0.1, -0.05) is 15.9 Å². The molecule has 3 rings (SSSR count). The van der Waals surface area contributed by atoms with Crippen LogP contribution in [-0.2, 0) is 17.7 Å². The molecule has 1 aliphatic rings. The summed E-state index contributed by atoms with van der Waals surface area (Å²) in [6, 6.07) is 6.53. The Balaban J connectivity index is 1.71. The number of nitrogens with zero attached hydrogens (tertiary/aromatic N) is 2. The molecule has 1 unspecified atom stereocenters. The molecule has 0 N–H and O–H groups in total. The SMILES string of the molecule is CCOC(C)c1nc(CN2CCc3cc(Br)ccc32)cs1. The maximum absolute atomic E-state index is 5.61. The van der Waals surface area contributed by atoms with Crippen molar-refractivity contribution in [2.45, 2.75) is 32.9 Å². The molecule has 2 heterocycles. The molecule has 21 heavy (non-hydrogen) atoms. The molecule has 3 nitrogen and oxygen atoms in total. The van der Waals surface area contributed by atoms with Crippen molar-refractivity contribution in [1.29, 1.82) is 0 Å². The lowest BCUT2D eigenvalue weighted by Gasteiger charge is -2.18. The number of fused-ring (bicyclic) bond motifs is 1. The highest BCUT2D eigenvalue weighted by Crippen LogP contribution is 2.32. The summed E-state index contributed by atoms with van der Waals surface area (Å²) in [4.78, 5) is 7.13. The Morgan fingerprint density at radius 2 is 2.33 bits per heavy atom. The summed E-state index contributed by atoms with van der Waals surface area (Å²) in [5, 5.41) is 3.23. The van der Waals surface area contributed by atoms with Gasteiger partial charge >= 0.3 is 0 Å². The molecule has 0 spiro atoms. The molecule has 5 heteroatoms. The Kier molecular flexibility index (Phi) is 4.62. The molecular weight excluding hydrogens is 348 g/mol. The predicted octanol–water partition coefficient (Wildman–Crippen LogP) is 4.57. The molecular formula is C16H19BrN2OS. The summed E-state index contributed by atoms with van der Waals surface area (Å²) in [5.74, 6) is 0. The van der Waals surface area contributed by atoms with Crippen LogP contribution in [0.25, 0.3) is 0 Å². The van der Waals surface area contributed by atoms with Crippen LogP contribution in [-0.4, -0.2) is 18.1 Å². The van der Waals surface area contributed by atoms with E-state index in [9.17, 15) is 0 Å². The van der Waals surface area contributed by atoms with Gasteiger partial charge in [0.05, 0.1) is 12.2 Å². The lowest BCUT2D eigenvalue weighted by molar-refractivity contribution is 0.0761. The second-order valence-electron chi connectivity index (χ2n) is 5.22. The zero-order chi connectivity index (χ0) is 14.8. The Morgan fingerprint density at radius 3 is 3.14 bits per heavy atom. The quantitative estimate of drug-likeness (QED) is 0.774. The maximum Gasteiger partial charge on any atom is 0.122 e. The molecule has 2 aromatic rings. The highest BCUT2D eigenvalue weighted by atomic mass is 79.9. The van der Waals surface area contributed by atoms with E-state index < -0.39 is 0 Å². The third-order valence-corrected chi connectivity index (χ3v) is 5.27. The average Bonchev–Trinajstić information content (AvgIpc) is 3.07. The van der Waals surface area contributed by atoms with Crippen LogP contribution in [0.2, 0.25) is 0 Å². The number of thiazole rings is 1. The number of halogens is 1. The van der Waals surface area contributed by atoms with E-state index in [4.69, 9.17) is 9.72 Å². The van der Waals surface area contributed by atoms with E-state index in [-0.39, 0.29) is 6.10 Å². The monoisotopic (exact) mass is 366 g/mol. The van der Waals surface area contributed by atoms with Crippen LogP contribution in [0, 0.1) is 0 Å². The minimum atomic E-state index is 0.0931. The number of benzene rings is 1. The molecule has 0 fully saturated rings. The zero-order valence-electron chi connectivity index (χ0n) is 12.3. The van der Waals surface area contributed by atoms with Crippen molar-refractivity contribution in [2.75, 3.05) is 18.1 Å². The second-order valence-corrected chi connectivity index (χ2v) is 7.02. The third-order valence-electron chi connectivity index (χ3n) is 3.72. The summed E-state index contributed by atoms with van der Waals surface area (Å²) in [6.07, 6.45) is 1.21. The van der Waals surface area contributed by atoms with Gasteiger partial charge in [-0.05, 0) is 44.0 Å². The Morgan fingerprint density at radius 1 is 1.48 bits per heavy atom. The van der Waals surface area contributed by atoms with E-state index in [1.165, 1.54) is 11.3 Å². The van der Waals surface area contributed by atoms with Gasteiger partial charge in [0.15, 0.2) is 0 Å². The van der Waals surface area contributed by atoms with Crippen LogP contribution >= 0.6 is 27.3 Å². The third kappa shape index (κ3) is 3.30. The molecule has 0 amide bonds. The van der Waals surface area contributed by atoms with Gasteiger partial charge in [0.2, 0.25) is 0 Å². The number of aromatic nitrogens is 1. The first-order valence-electron chi connectivity index (χ1n) is 7.26. The van der Waals surface area contributed by atoms with Crippen molar-refractivity contribution in [1.82, 2.24) is 4.98 Å². The highest BCUT2D eigenvalue weighted by molar-refractivity contribution is 9.10. The van der Waals surface area contributed by atoms with E-state index >= 15 is 0 Å². The first-order valence-corrected chi connectivity index (χ1v) is 8.94. The van der Waals surface area contributed by atoms with Gasteiger partial charge in [-0.2, -0.15) is 0 Å². The van der Waals surface area contributed by atoms with Gasteiger partial charge < -0.3 is 9.64 Å². The first kappa shape index (κ1) is 15.0. The second kappa shape index (κ2) is 6.46. The van der Waals surface area contributed by atoms with Crippen molar-refractivity contribution in [2.24, 2.45) is 0 Å². The molecule has 1 aromatic carbocycles. The largest absolute Gasteiger partial charge is 0.372 e. The predicted molar refractivity (Wildman–Crippen MR) is 91.1 cm³/mol. The Labute approximate surface area is 138 Å². The van der Waals surface area contributed by atoms with Crippen molar-refractivity contribution in [3.8, 4) is 0 Å². The van der Waals surface area contributed by atoms with Crippen LogP contribution in [0.1, 0.15) is 36.2 Å². The smallest absolute Gasteiger partial charge is 0.122 e. The molecule has 0 radical (unpaired) electrons. The molecule has 1 aliphatic heterocycles. The molecule has 1 atom stereocenters. The number of hydrogen-bond donors (Lipinski definition) is 0. The average molecular weight is 367 g/mol. The zero-order valence-corrected chi connectivity index (χ0v) is 14.7. The van der Waals surface area contributed by atoms with Crippen molar-refractivity contribution >= 4 is 33.0 Å². The molecule has 0 saturated heterocycles. The number of hydrogen-bond acceptors (Lipinski definition) is 4. The van der Waals surface area contributed by atoms with E-state index in [2.05, 4.69) is 51.3 Å². The molecule has 112 valence electrons. The van der Waals surface area contributed by atoms with Crippen LogP contribution in [0.4, 0.5) is 5.69 Å². The Hall–Kier alpha value is -0.910. The molecule has 0 aliphatic carbocycles. The number of rotatable bonds is 5. The summed E-state index contributed by atoms with van der Waals surface area (Å²) < 4.78 is 6.77. The van der Waals surface area contributed by atoms with Gasteiger partial charge in [-0.15, -0.1) is 11.3 Å². The lowest BCUT2D eigenvalue weighted by Crippen LogP contribution is -2.19. The lowest BCUT2D eigenvalue weighted by atomic mass is 10.2. The Bertz CT molecular complexity index is 628. The normalized spacial score (nSPS) is 15.3.